The molecule has 88 valence electrons. The third-order valence-corrected chi connectivity index (χ3v) is 2.40. The lowest BCUT2D eigenvalue weighted by Crippen LogP contribution is -2.12. The lowest BCUT2D eigenvalue weighted by molar-refractivity contribution is 0.100. The highest BCUT2D eigenvalue weighted by molar-refractivity contribution is 5.94. The second kappa shape index (κ2) is 4.61. The Hall–Kier alpha value is -2.43. The largest absolute Gasteiger partial charge is 0.472 e. The Balaban J connectivity index is 2.09. The van der Waals surface area contributed by atoms with Gasteiger partial charge in [0.05, 0.1) is 23.9 Å². The van der Waals surface area contributed by atoms with Crippen LogP contribution in [0.1, 0.15) is 15.9 Å². The summed E-state index contributed by atoms with van der Waals surface area (Å²) in [6.45, 7) is 0.608. The van der Waals surface area contributed by atoms with Gasteiger partial charge in [-0.1, -0.05) is 0 Å². The summed E-state index contributed by atoms with van der Waals surface area (Å²) in [5.74, 6) is -0.488. The number of hydrogen-bond donors (Lipinski definition) is 3. The number of rotatable bonds is 4. The smallest absolute Gasteiger partial charge is 0.248 e. The molecule has 0 aliphatic rings. The molecule has 0 unspecified atom stereocenters. The molecule has 1 aromatic carbocycles. The fourth-order valence-corrected chi connectivity index (χ4v) is 1.47. The first-order chi connectivity index (χ1) is 8.16. The molecular weight excluding hydrogens is 218 g/mol. The average Bonchev–Trinajstić information content (AvgIpc) is 2.80. The van der Waals surface area contributed by atoms with Crippen LogP contribution in [0.5, 0.6) is 0 Å². The second-order valence-electron chi connectivity index (χ2n) is 3.65. The Labute approximate surface area is 98.4 Å². The summed E-state index contributed by atoms with van der Waals surface area (Å²) in [5.41, 5.74) is 13.6. The van der Waals surface area contributed by atoms with E-state index in [2.05, 4.69) is 5.32 Å². The van der Waals surface area contributed by atoms with E-state index < -0.39 is 5.91 Å². The van der Waals surface area contributed by atoms with Crippen molar-refractivity contribution in [3.63, 3.8) is 0 Å². The molecule has 1 amide bonds. The topological polar surface area (TPSA) is 94.3 Å². The number of benzene rings is 1. The van der Waals surface area contributed by atoms with Crippen LogP contribution in [0.2, 0.25) is 0 Å². The number of carbonyl (C=O) groups is 1. The number of furan rings is 1. The first-order valence-corrected chi connectivity index (χ1v) is 5.11. The molecule has 2 rings (SSSR count). The Morgan fingerprint density at radius 3 is 2.76 bits per heavy atom. The van der Waals surface area contributed by atoms with E-state index in [4.69, 9.17) is 15.9 Å². The molecule has 0 atom stereocenters. The number of anilines is 2. The fraction of sp³-hybridized carbons (Fsp3) is 0.0833. The van der Waals surface area contributed by atoms with Crippen LogP contribution in [-0.2, 0) is 6.54 Å². The molecule has 0 fully saturated rings. The molecule has 2 aromatic rings. The van der Waals surface area contributed by atoms with Crippen molar-refractivity contribution in [1.82, 2.24) is 0 Å². The van der Waals surface area contributed by atoms with Crippen LogP contribution in [0.4, 0.5) is 11.4 Å². The molecule has 0 saturated carbocycles. The van der Waals surface area contributed by atoms with Crippen LogP contribution < -0.4 is 16.8 Å². The van der Waals surface area contributed by atoms with Gasteiger partial charge in [-0.25, -0.2) is 0 Å². The van der Waals surface area contributed by atoms with Gasteiger partial charge in [-0.3, -0.25) is 4.79 Å². The number of nitrogens with one attached hydrogen (secondary N) is 1. The molecule has 0 radical (unpaired) electrons. The van der Waals surface area contributed by atoms with E-state index in [1.807, 2.05) is 6.07 Å². The van der Waals surface area contributed by atoms with Crippen LogP contribution in [0.25, 0.3) is 0 Å². The predicted octanol–water partition coefficient (Wildman–Crippen LogP) is 1.57. The molecule has 5 heteroatoms. The summed E-state index contributed by atoms with van der Waals surface area (Å²) in [6, 6.07) is 6.78. The number of nitrogens with two attached hydrogens (primary N) is 2. The molecule has 1 aromatic heterocycles. The van der Waals surface area contributed by atoms with Gasteiger partial charge in [-0.05, 0) is 24.3 Å². The van der Waals surface area contributed by atoms with Crippen molar-refractivity contribution in [2.24, 2.45) is 5.73 Å². The van der Waals surface area contributed by atoms with E-state index in [0.29, 0.717) is 17.8 Å². The summed E-state index contributed by atoms with van der Waals surface area (Å²) < 4.78 is 4.95. The Morgan fingerprint density at radius 1 is 1.35 bits per heavy atom. The first kappa shape index (κ1) is 11.1. The van der Waals surface area contributed by atoms with Crippen molar-refractivity contribution < 1.29 is 9.21 Å². The van der Waals surface area contributed by atoms with Crippen molar-refractivity contribution in [1.29, 1.82) is 0 Å². The second-order valence-corrected chi connectivity index (χ2v) is 3.65. The van der Waals surface area contributed by atoms with Crippen molar-refractivity contribution in [3.05, 3.63) is 47.9 Å². The molecule has 5 N–H and O–H groups in total. The van der Waals surface area contributed by atoms with Crippen LogP contribution >= 0.6 is 0 Å². The highest BCUT2D eigenvalue weighted by atomic mass is 16.3. The molecule has 0 saturated heterocycles. The lowest BCUT2D eigenvalue weighted by atomic mass is 10.1. The zero-order valence-corrected chi connectivity index (χ0v) is 9.14. The standard InChI is InChI=1S/C12H13N3O2/c13-10-5-9(12(14)16)1-2-11(10)15-6-8-3-4-17-7-8/h1-5,7,15H,6,13H2,(H2,14,16). The Morgan fingerprint density at radius 2 is 2.18 bits per heavy atom. The number of nitrogen functional groups attached to an aromatic ring is 1. The van der Waals surface area contributed by atoms with Crippen molar-refractivity contribution in [2.45, 2.75) is 6.54 Å². The van der Waals surface area contributed by atoms with E-state index in [1.54, 1.807) is 30.7 Å². The SMILES string of the molecule is NC(=O)c1ccc(NCc2ccoc2)c(N)c1. The van der Waals surface area contributed by atoms with Gasteiger partial charge in [0.25, 0.3) is 0 Å². The van der Waals surface area contributed by atoms with Crippen LogP contribution in [0.15, 0.2) is 41.2 Å². The van der Waals surface area contributed by atoms with E-state index in [9.17, 15) is 4.79 Å². The van der Waals surface area contributed by atoms with Crippen LogP contribution in [0.3, 0.4) is 0 Å². The number of primary amides is 1. The molecule has 5 nitrogen and oxygen atoms in total. The maximum atomic E-state index is 10.9. The minimum Gasteiger partial charge on any atom is -0.472 e. The zero-order chi connectivity index (χ0) is 12.3. The maximum Gasteiger partial charge on any atom is 0.248 e. The summed E-state index contributed by atoms with van der Waals surface area (Å²) in [4.78, 5) is 10.9. The molecule has 0 aliphatic carbocycles. The van der Waals surface area contributed by atoms with Gasteiger partial charge < -0.3 is 21.2 Å². The van der Waals surface area contributed by atoms with Crippen LogP contribution in [-0.4, -0.2) is 5.91 Å². The lowest BCUT2D eigenvalue weighted by Gasteiger charge is -2.09. The zero-order valence-electron chi connectivity index (χ0n) is 9.14. The molecule has 0 bridgehead atoms. The molecule has 0 aliphatic heterocycles. The first-order valence-electron chi connectivity index (χ1n) is 5.11. The predicted molar refractivity (Wildman–Crippen MR) is 65.4 cm³/mol. The summed E-state index contributed by atoms with van der Waals surface area (Å²) in [5, 5.41) is 3.14. The minimum absolute atomic E-state index is 0.399. The summed E-state index contributed by atoms with van der Waals surface area (Å²) >= 11 is 0. The van der Waals surface area contributed by atoms with Crippen molar-refractivity contribution in [3.8, 4) is 0 Å². The highest BCUT2D eigenvalue weighted by Crippen LogP contribution is 2.20. The van der Waals surface area contributed by atoms with E-state index in [-0.39, 0.29) is 0 Å². The third kappa shape index (κ3) is 2.57. The maximum absolute atomic E-state index is 10.9. The van der Waals surface area contributed by atoms with Gasteiger partial charge >= 0.3 is 0 Å². The Kier molecular flexibility index (Phi) is 3.00. The quantitative estimate of drug-likeness (QED) is 0.696. The average molecular weight is 231 g/mol. The number of carbonyl (C=O) groups excluding carboxylic acids is 1. The van der Waals surface area contributed by atoms with Gasteiger partial charge in [0, 0.05) is 17.7 Å². The summed E-state index contributed by atoms with van der Waals surface area (Å²) in [6.07, 6.45) is 3.26. The molecule has 0 spiro atoms. The molecule has 17 heavy (non-hydrogen) atoms. The van der Waals surface area contributed by atoms with Gasteiger partial charge in [-0.15, -0.1) is 0 Å². The van der Waals surface area contributed by atoms with Crippen molar-refractivity contribution >= 4 is 17.3 Å². The number of hydrogen-bond acceptors (Lipinski definition) is 4. The molecular formula is C12H13N3O2. The third-order valence-electron chi connectivity index (χ3n) is 2.40. The highest BCUT2D eigenvalue weighted by Gasteiger charge is 2.04. The minimum atomic E-state index is -0.488. The van der Waals surface area contributed by atoms with Gasteiger partial charge in [0.2, 0.25) is 5.91 Å². The summed E-state index contributed by atoms with van der Waals surface area (Å²) in [7, 11) is 0. The van der Waals surface area contributed by atoms with Crippen LogP contribution in [0, 0.1) is 0 Å². The van der Waals surface area contributed by atoms with Crippen molar-refractivity contribution in [2.75, 3.05) is 11.1 Å². The van der Waals surface area contributed by atoms with Gasteiger partial charge in [-0.2, -0.15) is 0 Å². The van der Waals surface area contributed by atoms with Gasteiger partial charge in [0.15, 0.2) is 0 Å². The van der Waals surface area contributed by atoms with E-state index in [1.165, 1.54) is 0 Å². The fourth-order valence-electron chi connectivity index (χ4n) is 1.47. The van der Waals surface area contributed by atoms with Gasteiger partial charge in [0.1, 0.15) is 0 Å². The molecule has 1 heterocycles. The normalized spacial score (nSPS) is 10.1. The number of amides is 1. The van der Waals surface area contributed by atoms with E-state index in [0.717, 1.165) is 11.3 Å². The Bertz CT molecular complexity index is 521. The monoisotopic (exact) mass is 231 g/mol. The van der Waals surface area contributed by atoms with E-state index >= 15 is 0 Å².